The molecule has 6 heteroatoms. The zero-order chi connectivity index (χ0) is 17.5. The highest BCUT2D eigenvalue weighted by Crippen LogP contribution is 2.17. The smallest absolute Gasteiger partial charge is 0.261 e. The quantitative estimate of drug-likeness (QED) is 0.842. The maximum absolute atomic E-state index is 12.1. The Balaban J connectivity index is 1.87. The summed E-state index contributed by atoms with van der Waals surface area (Å²) in [6.07, 6.45) is -0.654. The van der Waals surface area contributed by atoms with E-state index in [1.54, 1.807) is 37.3 Å². The van der Waals surface area contributed by atoms with Crippen LogP contribution in [-0.4, -0.2) is 17.9 Å². The Hall–Kier alpha value is -2.53. The number of hydrogen-bond donors (Lipinski definition) is 2. The molecular weight excluding hydrogens is 328 g/mol. The van der Waals surface area contributed by atoms with E-state index in [4.69, 9.17) is 16.3 Å². The molecule has 2 amide bonds. The van der Waals surface area contributed by atoms with Crippen LogP contribution >= 0.6 is 11.6 Å². The van der Waals surface area contributed by atoms with Gasteiger partial charge in [-0.05, 0) is 42.8 Å². The van der Waals surface area contributed by atoms with Gasteiger partial charge in [-0.25, -0.2) is 0 Å². The lowest BCUT2D eigenvalue weighted by Crippen LogP contribution is -2.35. The van der Waals surface area contributed by atoms with Gasteiger partial charge in [-0.3, -0.25) is 9.59 Å². The molecule has 0 radical (unpaired) electrons. The lowest BCUT2D eigenvalue weighted by molar-refractivity contribution is -0.127. The molecule has 0 fully saturated rings. The standard InChI is InChI=1S/C18H19ClN2O3/c1-12(18(23)20-11-14-5-3-4-6-17(14)19)24-16-9-7-15(8-10-16)21-13(2)22/h3-10,12H,11H2,1-2H3,(H,20,23)(H,21,22). The largest absolute Gasteiger partial charge is 0.481 e. The third-order valence-corrected chi connectivity index (χ3v) is 3.64. The second-order valence-corrected chi connectivity index (χ2v) is 5.68. The van der Waals surface area contributed by atoms with Crippen LogP contribution in [0.1, 0.15) is 19.4 Å². The average Bonchev–Trinajstić information content (AvgIpc) is 2.55. The molecule has 0 aliphatic carbocycles. The summed E-state index contributed by atoms with van der Waals surface area (Å²) in [4.78, 5) is 23.1. The fourth-order valence-electron chi connectivity index (χ4n) is 2.05. The number of hydrogen-bond acceptors (Lipinski definition) is 3. The molecule has 0 aromatic heterocycles. The van der Waals surface area contributed by atoms with Crippen molar-refractivity contribution in [3.63, 3.8) is 0 Å². The highest BCUT2D eigenvalue weighted by molar-refractivity contribution is 6.31. The van der Waals surface area contributed by atoms with Gasteiger partial charge in [-0.2, -0.15) is 0 Å². The van der Waals surface area contributed by atoms with Crippen LogP contribution in [0.5, 0.6) is 5.75 Å². The van der Waals surface area contributed by atoms with Crippen LogP contribution in [0.25, 0.3) is 0 Å². The van der Waals surface area contributed by atoms with E-state index < -0.39 is 6.10 Å². The van der Waals surface area contributed by atoms with Crippen molar-refractivity contribution in [3.8, 4) is 5.75 Å². The van der Waals surface area contributed by atoms with E-state index in [9.17, 15) is 9.59 Å². The maximum Gasteiger partial charge on any atom is 0.261 e. The van der Waals surface area contributed by atoms with E-state index in [1.807, 2.05) is 18.2 Å². The molecule has 2 aromatic rings. The molecule has 24 heavy (non-hydrogen) atoms. The van der Waals surface area contributed by atoms with Crippen molar-refractivity contribution in [1.82, 2.24) is 5.32 Å². The number of halogens is 1. The summed E-state index contributed by atoms with van der Waals surface area (Å²) in [7, 11) is 0. The number of benzene rings is 2. The number of ether oxygens (including phenoxy) is 1. The van der Waals surface area contributed by atoms with Crippen molar-refractivity contribution >= 4 is 29.1 Å². The molecule has 2 aromatic carbocycles. The van der Waals surface area contributed by atoms with E-state index >= 15 is 0 Å². The van der Waals surface area contributed by atoms with E-state index in [0.717, 1.165) is 5.56 Å². The minimum Gasteiger partial charge on any atom is -0.481 e. The Labute approximate surface area is 146 Å². The Bertz CT molecular complexity index is 716. The summed E-state index contributed by atoms with van der Waals surface area (Å²) >= 11 is 6.06. The minimum atomic E-state index is -0.654. The number of amides is 2. The van der Waals surface area contributed by atoms with Gasteiger partial charge in [0.1, 0.15) is 5.75 Å². The Morgan fingerprint density at radius 3 is 2.42 bits per heavy atom. The van der Waals surface area contributed by atoms with E-state index in [1.165, 1.54) is 6.92 Å². The van der Waals surface area contributed by atoms with Gasteiger partial charge in [0.05, 0.1) is 0 Å². The zero-order valence-electron chi connectivity index (χ0n) is 13.5. The molecule has 5 nitrogen and oxygen atoms in total. The fraction of sp³-hybridized carbons (Fsp3) is 0.222. The van der Waals surface area contributed by atoms with Gasteiger partial charge in [0, 0.05) is 24.2 Å². The number of rotatable bonds is 6. The predicted octanol–water partition coefficient (Wildman–Crippen LogP) is 3.38. The lowest BCUT2D eigenvalue weighted by atomic mass is 10.2. The van der Waals surface area contributed by atoms with Gasteiger partial charge in [0.2, 0.25) is 5.91 Å². The molecule has 0 aliphatic heterocycles. The van der Waals surface area contributed by atoms with Gasteiger partial charge >= 0.3 is 0 Å². The van der Waals surface area contributed by atoms with Crippen molar-refractivity contribution in [2.45, 2.75) is 26.5 Å². The fourth-order valence-corrected chi connectivity index (χ4v) is 2.25. The first-order valence-corrected chi connectivity index (χ1v) is 7.89. The third kappa shape index (κ3) is 5.28. The molecule has 0 aliphatic rings. The molecule has 126 valence electrons. The van der Waals surface area contributed by atoms with E-state index in [2.05, 4.69) is 10.6 Å². The second-order valence-electron chi connectivity index (χ2n) is 5.27. The van der Waals surface area contributed by atoms with Gasteiger partial charge in [-0.1, -0.05) is 29.8 Å². The Morgan fingerprint density at radius 1 is 1.12 bits per heavy atom. The first-order valence-electron chi connectivity index (χ1n) is 7.51. The topological polar surface area (TPSA) is 67.4 Å². The molecule has 1 atom stereocenters. The van der Waals surface area contributed by atoms with E-state index in [-0.39, 0.29) is 11.8 Å². The SMILES string of the molecule is CC(=O)Nc1ccc(OC(C)C(=O)NCc2ccccc2Cl)cc1. The van der Waals surface area contributed by atoms with Crippen molar-refractivity contribution in [2.75, 3.05) is 5.32 Å². The van der Waals surface area contributed by atoms with Crippen molar-refractivity contribution in [1.29, 1.82) is 0 Å². The molecule has 2 rings (SSSR count). The second kappa shape index (κ2) is 8.36. The summed E-state index contributed by atoms with van der Waals surface area (Å²) < 4.78 is 5.60. The van der Waals surface area contributed by atoms with Crippen LogP contribution < -0.4 is 15.4 Å². The summed E-state index contributed by atoms with van der Waals surface area (Å²) in [5.74, 6) is 0.168. The third-order valence-electron chi connectivity index (χ3n) is 3.27. The van der Waals surface area contributed by atoms with Crippen LogP contribution in [0.15, 0.2) is 48.5 Å². The molecule has 0 saturated carbocycles. The molecule has 0 heterocycles. The van der Waals surface area contributed by atoms with Gasteiger partial charge in [0.15, 0.2) is 6.10 Å². The summed E-state index contributed by atoms with van der Waals surface area (Å²) in [5.41, 5.74) is 1.52. The van der Waals surface area contributed by atoms with Crippen LogP contribution in [0.3, 0.4) is 0 Å². The van der Waals surface area contributed by atoms with Crippen molar-refractivity contribution < 1.29 is 14.3 Å². The highest BCUT2D eigenvalue weighted by atomic mass is 35.5. The van der Waals surface area contributed by atoms with Crippen LogP contribution in [0.4, 0.5) is 5.69 Å². The van der Waals surface area contributed by atoms with Crippen molar-refractivity contribution in [2.24, 2.45) is 0 Å². The number of nitrogens with one attached hydrogen (secondary N) is 2. The summed E-state index contributed by atoms with van der Waals surface area (Å²) in [5, 5.41) is 6.07. The normalized spacial score (nSPS) is 11.5. The molecular formula is C18H19ClN2O3. The van der Waals surface area contributed by atoms with Crippen LogP contribution in [0.2, 0.25) is 5.02 Å². The predicted molar refractivity (Wildman–Crippen MR) is 94.1 cm³/mol. The maximum atomic E-state index is 12.1. The van der Waals surface area contributed by atoms with Gasteiger partial charge in [-0.15, -0.1) is 0 Å². The highest BCUT2D eigenvalue weighted by Gasteiger charge is 2.14. The lowest BCUT2D eigenvalue weighted by Gasteiger charge is -2.15. The molecule has 0 spiro atoms. The molecule has 0 saturated heterocycles. The number of anilines is 1. The molecule has 1 unspecified atom stereocenters. The van der Waals surface area contributed by atoms with Crippen LogP contribution in [-0.2, 0) is 16.1 Å². The van der Waals surface area contributed by atoms with E-state index in [0.29, 0.717) is 23.0 Å². The first-order chi connectivity index (χ1) is 11.5. The molecule has 2 N–H and O–H groups in total. The van der Waals surface area contributed by atoms with Gasteiger partial charge < -0.3 is 15.4 Å². The van der Waals surface area contributed by atoms with Crippen molar-refractivity contribution in [3.05, 3.63) is 59.1 Å². The molecule has 0 bridgehead atoms. The average molecular weight is 347 g/mol. The monoisotopic (exact) mass is 346 g/mol. The Morgan fingerprint density at radius 2 is 1.79 bits per heavy atom. The number of carbonyl (C=O) groups excluding carboxylic acids is 2. The van der Waals surface area contributed by atoms with Crippen LogP contribution in [0, 0.1) is 0 Å². The summed E-state index contributed by atoms with van der Waals surface area (Å²) in [6.45, 7) is 3.45. The van der Waals surface area contributed by atoms with Gasteiger partial charge in [0.25, 0.3) is 5.91 Å². The first kappa shape index (κ1) is 17.8. The minimum absolute atomic E-state index is 0.143. The zero-order valence-corrected chi connectivity index (χ0v) is 14.3. The number of carbonyl (C=O) groups is 2. The Kier molecular flexibility index (Phi) is 6.21. The summed E-state index contributed by atoms with van der Waals surface area (Å²) in [6, 6.07) is 14.2.